The first-order valence-electron chi connectivity index (χ1n) is 6.20. The Kier molecular flexibility index (Phi) is 4.25. The summed E-state index contributed by atoms with van der Waals surface area (Å²) in [5.74, 6) is 1.34. The highest BCUT2D eigenvalue weighted by atomic mass is 79.9. The van der Waals surface area contributed by atoms with Gasteiger partial charge in [-0.2, -0.15) is 8.78 Å². The Morgan fingerprint density at radius 3 is 2.72 bits per heavy atom. The maximum Gasteiger partial charge on any atom is 0.387 e. The van der Waals surface area contributed by atoms with Crippen LogP contribution >= 0.6 is 15.9 Å². The normalized spacial score (nSPS) is 27.8. The van der Waals surface area contributed by atoms with E-state index in [0.717, 1.165) is 18.4 Å². The third kappa shape index (κ3) is 2.85. The molecule has 0 spiro atoms. The van der Waals surface area contributed by atoms with E-state index in [0.29, 0.717) is 11.8 Å². The van der Waals surface area contributed by atoms with Crippen molar-refractivity contribution in [3.05, 3.63) is 29.3 Å². The molecule has 0 saturated heterocycles. The number of hydrogen-bond donors (Lipinski definition) is 0. The van der Waals surface area contributed by atoms with Crippen molar-refractivity contribution in [1.82, 2.24) is 0 Å². The highest BCUT2D eigenvalue weighted by Gasteiger charge is 2.27. The van der Waals surface area contributed by atoms with Crippen LogP contribution in [0.1, 0.15) is 36.2 Å². The average molecular weight is 319 g/mol. The Bertz CT molecular complexity index is 422. The monoisotopic (exact) mass is 318 g/mol. The molecule has 4 heteroatoms. The molecule has 2 rings (SSSR count). The summed E-state index contributed by atoms with van der Waals surface area (Å²) < 4.78 is 28.9. The fraction of sp³-hybridized carbons (Fsp3) is 0.571. The first-order chi connectivity index (χ1) is 8.49. The molecule has 0 saturated carbocycles. The molecule has 1 aliphatic rings. The second-order valence-electron chi connectivity index (χ2n) is 5.02. The molecule has 1 aromatic rings. The molecule has 0 aliphatic heterocycles. The third-order valence-electron chi connectivity index (χ3n) is 3.87. The third-order valence-corrected chi connectivity index (χ3v) is 5.19. The molecular weight excluding hydrogens is 302 g/mol. The van der Waals surface area contributed by atoms with E-state index in [-0.39, 0.29) is 10.6 Å². The van der Waals surface area contributed by atoms with Crippen LogP contribution in [0.2, 0.25) is 0 Å². The van der Waals surface area contributed by atoms with Crippen LogP contribution in [0.5, 0.6) is 5.75 Å². The summed E-state index contributed by atoms with van der Waals surface area (Å²) in [6, 6.07) is 5.28. The van der Waals surface area contributed by atoms with Crippen molar-refractivity contribution in [2.24, 2.45) is 11.8 Å². The molecule has 1 aliphatic carbocycles. The van der Waals surface area contributed by atoms with Crippen LogP contribution in [-0.4, -0.2) is 6.61 Å². The average Bonchev–Trinajstić information content (AvgIpc) is 2.42. The number of benzene rings is 1. The topological polar surface area (TPSA) is 9.23 Å². The van der Waals surface area contributed by atoms with E-state index in [9.17, 15) is 8.78 Å². The van der Waals surface area contributed by atoms with Crippen molar-refractivity contribution in [2.45, 2.75) is 38.1 Å². The predicted octanol–water partition coefficient (Wildman–Crippen LogP) is 4.94. The Balaban J connectivity index is 2.33. The maximum atomic E-state index is 12.2. The lowest BCUT2D eigenvalue weighted by molar-refractivity contribution is -0.0498. The van der Waals surface area contributed by atoms with Crippen molar-refractivity contribution < 1.29 is 13.5 Å². The van der Waals surface area contributed by atoms with E-state index in [2.05, 4.69) is 34.5 Å². The van der Waals surface area contributed by atoms with Crippen LogP contribution in [-0.2, 0) is 6.42 Å². The van der Waals surface area contributed by atoms with Gasteiger partial charge in [-0.3, -0.25) is 0 Å². The Labute approximate surface area is 115 Å². The van der Waals surface area contributed by atoms with E-state index in [1.54, 1.807) is 12.1 Å². The zero-order chi connectivity index (χ0) is 13.3. The Morgan fingerprint density at radius 1 is 1.33 bits per heavy atom. The highest BCUT2D eigenvalue weighted by Crippen LogP contribution is 2.42. The van der Waals surface area contributed by atoms with Crippen molar-refractivity contribution >= 4 is 15.9 Å². The molecule has 18 heavy (non-hydrogen) atoms. The van der Waals surface area contributed by atoms with Gasteiger partial charge in [-0.25, -0.2) is 0 Å². The minimum Gasteiger partial charge on any atom is -0.435 e. The summed E-state index contributed by atoms with van der Waals surface area (Å²) in [6.45, 7) is 1.67. The van der Waals surface area contributed by atoms with Gasteiger partial charge in [-0.05, 0) is 47.9 Å². The number of ether oxygens (including phenoxy) is 1. The molecule has 0 heterocycles. The number of hydrogen-bond acceptors (Lipinski definition) is 1. The van der Waals surface area contributed by atoms with Crippen molar-refractivity contribution in [3.63, 3.8) is 0 Å². The van der Waals surface area contributed by atoms with Crippen LogP contribution in [0.4, 0.5) is 8.78 Å². The van der Waals surface area contributed by atoms with Crippen molar-refractivity contribution in [2.75, 3.05) is 0 Å². The standard InChI is InChI=1S/C14H17BrF2O/c1-8-3-4-10-5-6-11(18-14(16)17)7-12(10)13(15)9(8)2/h5-9,13-14H,3-4H2,1-2H3. The van der Waals surface area contributed by atoms with Gasteiger partial charge in [-0.15, -0.1) is 0 Å². The number of alkyl halides is 3. The van der Waals surface area contributed by atoms with Gasteiger partial charge in [0.25, 0.3) is 0 Å². The van der Waals surface area contributed by atoms with Crippen LogP contribution in [0.25, 0.3) is 0 Å². The molecule has 100 valence electrons. The van der Waals surface area contributed by atoms with Gasteiger partial charge in [0.2, 0.25) is 0 Å². The first kappa shape index (κ1) is 13.8. The van der Waals surface area contributed by atoms with E-state index >= 15 is 0 Å². The van der Waals surface area contributed by atoms with E-state index in [1.807, 2.05) is 6.07 Å². The SMILES string of the molecule is CC1CCc2ccc(OC(F)F)cc2C(Br)C1C. The molecule has 0 radical (unpaired) electrons. The van der Waals surface area contributed by atoms with Gasteiger partial charge < -0.3 is 4.74 Å². The second kappa shape index (κ2) is 5.55. The lowest BCUT2D eigenvalue weighted by Crippen LogP contribution is -2.11. The fourth-order valence-electron chi connectivity index (χ4n) is 2.45. The molecule has 3 atom stereocenters. The van der Waals surface area contributed by atoms with Gasteiger partial charge in [0.05, 0.1) is 0 Å². The summed E-state index contributed by atoms with van der Waals surface area (Å²) in [6.07, 6.45) is 2.13. The number of aryl methyl sites for hydroxylation is 1. The Hall–Kier alpha value is -0.640. The minimum atomic E-state index is -2.76. The van der Waals surface area contributed by atoms with Gasteiger partial charge in [-0.1, -0.05) is 35.8 Å². The summed E-state index contributed by atoms with van der Waals surface area (Å²) in [5, 5.41) is 0. The van der Waals surface area contributed by atoms with Crippen molar-refractivity contribution in [1.29, 1.82) is 0 Å². The lowest BCUT2D eigenvalue weighted by atomic mass is 9.90. The minimum absolute atomic E-state index is 0.200. The summed E-state index contributed by atoms with van der Waals surface area (Å²) in [7, 11) is 0. The Morgan fingerprint density at radius 2 is 2.06 bits per heavy atom. The summed E-state index contributed by atoms with van der Waals surface area (Å²) in [5.41, 5.74) is 2.32. The molecule has 0 N–H and O–H groups in total. The zero-order valence-corrected chi connectivity index (χ0v) is 12.1. The zero-order valence-electron chi connectivity index (χ0n) is 10.5. The molecule has 0 aromatic heterocycles. The van der Waals surface area contributed by atoms with Gasteiger partial charge >= 0.3 is 6.61 Å². The first-order valence-corrected chi connectivity index (χ1v) is 7.12. The summed E-state index contributed by atoms with van der Waals surface area (Å²) >= 11 is 3.70. The molecule has 0 amide bonds. The molecule has 0 bridgehead atoms. The van der Waals surface area contributed by atoms with Crippen LogP contribution < -0.4 is 4.74 Å². The lowest BCUT2D eigenvalue weighted by Gasteiger charge is -2.22. The van der Waals surface area contributed by atoms with Crippen LogP contribution in [0.3, 0.4) is 0 Å². The number of rotatable bonds is 2. The van der Waals surface area contributed by atoms with E-state index in [4.69, 9.17) is 0 Å². The summed E-state index contributed by atoms with van der Waals surface area (Å²) in [4.78, 5) is 0.200. The smallest absolute Gasteiger partial charge is 0.387 e. The predicted molar refractivity (Wildman–Crippen MR) is 71.4 cm³/mol. The molecular formula is C14H17BrF2O. The second-order valence-corrected chi connectivity index (χ2v) is 6.00. The van der Waals surface area contributed by atoms with E-state index < -0.39 is 6.61 Å². The molecule has 0 fully saturated rings. The number of fused-ring (bicyclic) bond motifs is 1. The largest absolute Gasteiger partial charge is 0.435 e. The molecule has 1 aromatic carbocycles. The van der Waals surface area contributed by atoms with Gasteiger partial charge in [0.1, 0.15) is 5.75 Å². The van der Waals surface area contributed by atoms with Gasteiger partial charge in [0.15, 0.2) is 0 Å². The van der Waals surface area contributed by atoms with Crippen LogP contribution in [0, 0.1) is 11.8 Å². The fourth-order valence-corrected chi connectivity index (χ4v) is 3.40. The maximum absolute atomic E-state index is 12.2. The molecule has 3 unspecified atom stereocenters. The van der Waals surface area contributed by atoms with Crippen LogP contribution in [0.15, 0.2) is 18.2 Å². The van der Waals surface area contributed by atoms with E-state index in [1.165, 1.54) is 5.56 Å². The highest BCUT2D eigenvalue weighted by molar-refractivity contribution is 9.09. The van der Waals surface area contributed by atoms with Crippen molar-refractivity contribution in [3.8, 4) is 5.75 Å². The molecule has 1 nitrogen and oxygen atoms in total. The quantitative estimate of drug-likeness (QED) is 0.554. The number of halogens is 3. The van der Waals surface area contributed by atoms with Gasteiger partial charge in [0, 0.05) is 4.83 Å².